The molecule has 1 aliphatic rings. The van der Waals surface area contributed by atoms with Crippen LogP contribution in [-0.4, -0.2) is 49.1 Å². The number of alkyl halides is 3. The molecule has 7 heteroatoms. The summed E-state index contributed by atoms with van der Waals surface area (Å²) < 4.78 is 37.8. The van der Waals surface area contributed by atoms with Gasteiger partial charge in [0, 0.05) is 32.7 Å². The van der Waals surface area contributed by atoms with Crippen molar-refractivity contribution in [3.63, 3.8) is 0 Å². The first-order valence-electron chi connectivity index (χ1n) is 6.74. The Balaban J connectivity index is 1.89. The molecule has 0 unspecified atom stereocenters. The monoisotopic (exact) mass is 301 g/mol. The summed E-state index contributed by atoms with van der Waals surface area (Å²) in [5.74, 6) is 0. The third kappa shape index (κ3) is 4.35. The Morgan fingerprint density at radius 2 is 1.90 bits per heavy atom. The summed E-state index contributed by atoms with van der Waals surface area (Å²) in [5, 5.41) is 2.66. The predicted octanol–water partition coefficient (Wildman–Crippen LogP) is 2.16. The molecule has 0 aliphatic carbocycles. The summed E-state index contributed by atoms with van der Waals surface area (Å²) >= 11 is 0. The Labute approximate surface area is 121 Å². The first-order valence-corrected chi connectivity index (χ1v) is 6.74. The number of halogens is 3. The summed E-state index contributed by atoms with van der Waals surface area (Å²) in [7, 11) is 1.98. The van der Waals surface area contributed by atoms with Gasteiger partial charge in [-0.15, -0.1) is 0 Å². The molecule has 0 saturated carbocycles. The lowest BCUT2D eigenvalue weighted by molar-refractivity contribution is -0.137. The lowest BCUT2D eigenvalue weighted by Gasteiger charge is -2.32. The Bertz CT molecular complexity index is 496. The number of benzene rings is 1. The van der Waals surface area contributed by atoms with E-state index in [1.807, 2.05) is 7.05 Å². The van der Waals surface area contributed by atoms with Gasteiger partial charge >= 0.3 is 12.2 Å². The molecule has 1 saturated heterocycles. The smallest absolute Gasteiger partial charge is 0.334 e. The van der Waals surface area contributed by atoms with Crippen molar-refractivity contribution in [2.24, 2.45) is 0 Å². The third-order valence-electron chi connectivity index (χ3n) is 3.49. The van der Waals surface area contributed by atoms with E-state index in [9.17, 15) is 18.0 Å². The van der Waals surface area contributed by atoms with E-state index in [-0.39, 0.29) is 12.6 Å². The molecule has 1 heterocycles. The van der Waals surface area contributed by atoms with Crippen LogP contribution in [0.4, 0.5) is 18.0 Å². The number of amides is 2. The molecule has 116 valence electrons. The van der Waals surface area contributed by atoms with Crippen molar-refractivity contribution in [1.29, 1.82) is 0 Å². The number of carbonyl (C=O) groups excluding carboxylic acids is 1. The Kier molecular flexibility index (Phi) is 4.72. The van der Waals surface area contributed by atoms with Gasteiger partial charge in [0.05, 0.1) is 5.56 Å². The number of carbonyl (C=O) groups is 1. The van der Waals surface area contributed by atoms with Crippen LogP contribution in [0.25, 0.3) is 0 Å². The van der Waals surface area contributed by atoms with Crippen LogP contribution >= 0.6 is 0 Å². The van der Waals surface area contributed by atoms with Gasteiger partial charge in [0.1, 0.15) is 0 Å². The first-order chi connectivity index (χ1) is 9.86. The molecule has 0 radical (unpaired) electrons. The molecule has 0 spiro atoms. The fraction of sp³-hybridized carbons (Fsp3) is 0.500. The predicted molar refractivity (Wildman–Crippen MR) is 72.7 cm³/mol. The van der Waals surface area contributed by atoms with E-state index < -0.39 is 11.7 Å². The second-order valence-electron chi connectivity index (χ2n) is 5.15. The van der Waals surface area contributed by atoms with Crippen molar-refractivity contribution in [3.8, 4) is 0 Å². The summed E-state index contributed by atoms with van der Waals surface area (Å²) in [4.78, 5) is 15.7. The topological polar surface area (TPSA) is 35.6 Å². The third-order valence-corrected chi connectivity index (χ3v) is 3.49. The van der Waals surface area contributed by atoms with E-state index >= 15 is 0 Å². The minimum Gasteiger partial charge on any atom is -0.334 e. The van der Waals surface area contributed by atoms with E-state index in [0.717, 1.165) is 25.2 Å². The standard InChI is InChI=1S/C14H18F3N3O/c1-19-5-7-20(8-6-19)13(21)18-10-11-3-2-4-12(9-11)14(15,16)17/h2-4,9H,5-8,10H2,1H3,(H,18,21). The highest BCUT2D eigenvalue weighted by atomic mass is 19.4. The van der Waals surface area contributed by atoms with Gasteiger partial charge in [-0.05, 0) is 24.7 Å². The maximum Gasteiger partial charge on any atom is 0.416 e. The highest BCUT2D eigenvalue weighted by Crippen LogP contribution is 2.29. The average Bonchev–Trinajstić information content (AvgIpc) is 2.45. The molecule has 1 N–H and O–H groups in total. The number of urea groups is 1. The fourth-order valence-electron chi connectivity index (χ4n) is 2.16. The average molecular weight is 301 g/mol. The molecule has 0 aromatic heterocycles. The van der Waals surface area contributed by atoms with Gasteiger partial charge in [-0.3, -0.25) is 0 Å². The van der Waals surface area contributed by atoms with E-state index in [0.29, 0.717) is 18.7 Å². The number of nitrogens with zero attached hydrogens (tertiary/aromatic N) is 2. The van der Waals surface area contributed by atoms with Crippen LogP contribution in [0.15, 0.2) is 24.3 Å². The molecular weight excluding hydrogens is 283 g/mol. The van der Waals surface area contributed by atoms with Crippen LogP contribution in [0.1, 0.15) is 11.1 Å². The molecule has 1 aromatic carbocycles. The van der Waals surface area contributed by atoms with Gasteiger partial charge in [-0.2, -0.15) is 13.2 Å². The largest absolute Gasteiger partial charge is 0.416 e. The molecule has 2 rings (SSSR count). The summed E-state index contributed by atoms with van der Waals surface area (Å²) in [6, 6.07) is 4.76. The molecule has 2 amide bonds. The lowest BCUT2D eigenvalue weighted by Crippen LogP contribution is -2.50. The highest BCUT2D eigenvalue weighted by molar-refractivity contribution is 5.74. The normalized spacial score (nSPS) is 16.9. The molecule has 1 aromatic rings. The van der Waals surface area contributed by atoms with Crippen molar-refractivity contribution >= 4 is 6.03 Å². The number of hydrogen-bond donors (Lipinski definition) is 1. The van der Waals surface area contributed by atoms with Gasteiger partial charge in [-0.25, -0.2) is 4.79 Å². The molecular formula is C14H18F3N3O. The van der Waals surface area contributed by atoms with Crippen LogP contribution in [-0.2, 0) is 12.7 Å². The summed E-state index contributed by atoms with van der Waals surface area (Å²) in [5.41, 5.74) is -0.263. The summed E-state index contributed by atoms with van der Waals surface area (Å²) in [6.45, 7) is 2.96. The van der Waals surface area contributed by atoms with E-state index in [1.54, 1.807) is 11.0 Å². The zero-order chi connectivity index (χ0) is 15.5. The number of piperazine rings is 1. The number of likely N-dealkylation sites (N-methyl/N-ethyl adjacent to an activating group) is 1. The van der Waals surface area contributed by atoms with Crippen molar-refractivity contribution < 1.29 is 18.0 Å². The van der Waals surface area contributed by atoms with Crippen molar-refractivity contribution in [2.75, 3.05) is 33.2 Å². The second kappa shape index (κ2) is 6.34. The molecule has 0 bridgehead atoms. The van der Waals surface area contributed by atoms with Gasteiger partial charge < -0.3 is 15.1 Å². The minimum absolute atomic E-state index is 0.0924. The SMILES string of the molecule is CN1CCN(C(=O)NCc2cccc(C(F)(F)F)c2)CC1. The van der Waals surface area contributed by atoms with Crippen molar-refractivity contribution in [3.05, 3.63) is 35.4 Å². The summed E-state index contributed by atoms with van der Waals surface area (Å²) in [6.07, 6.45) is -4.36. The molecule has 1 aliphatic heterocycles. The Morgan fingerprint density at radius 3 is 2.52 bits per heavy atom. The van der Waals surface area contributed by atoms with E-state index in [1.165, 1.54) is 6.07 Å². The first kappa shape index (κ1) is 15.6. The van der Waals surface area contributed by atoms with Crippen molar-refractivity contribution in [2.45, 2.75) is 12.7 Å². The van der Waals surface area contributed by atoms with Crippen LogP contribution in [0.2, 0.25) is 0 Å². The van der Waals surface area contributed by atoms with E-state index in [4.69, 9.17) is 0 Å². The molecule has 4 nitrogen and oxygen atoms in total. The van der Waals surface area contributed by atoms with Gasteiger partial charge in [0.15, 0.2) is 0 Å². The quantitative estimate of drug-likeness (QED) is 0.908. The highest BCUT2D eigenvalue weighted by Gasteiger charge is 2.30. The van der Waals surface area contributed by atoms with Gasteiger partial charge in [-0.1, -0.05) is 12.1 Å². The van der Waals surface area contributed by atoms with Crippen LogP contribution in [0, 0.1) is 0 Å². The Morgan fingerprint density at radius 1 is 1.24 bits per heavy atom. The van der Waals surface area contributed by atoms with Crippen molar-refractivity contribution in [1.82, 2.24) is 15.1 Å². The lowest BCUT2D eigenvalue weighted by atomic mass is 10.1. The zero-order valence-corrected chi connectivity index (χ0v) is 11.8. The second-order valence-corrected chi connectivity index (χ2v) is 5.15. The number of hydrogen-bond acceptors (Lipinski definition) is 2. The fourth-order valence-corrected chi connectivity index (χ4v) is 2.16. The number of nitrogens with one attached hydrogen (secondary N) is 1. The maximum absolute atomic E-state index is 12.6. The molecule has 0 atom stereocenters. The molecule has 1 fully saturated rings. The maximum atomic E-state index is 12.6. The van der Waals surface area contributed by atoms with Crippen LogP contribution < -0.4 is 5.32 Å². The van der Waals surface area contributed by atoms with Crippen LogP contribution in [0.3, 0.4) is 0 Å². The minimum atomic E-state index is -4.36. The number of rotatable bonds is 2. The molecule has 21 heavy (non-hydrogen) atoms. The van der Waals surface area contributed by atoms with E-state index in [2.05, 4.69) is 10.2 Å². The zero-order valence-electron chi connectivity index (χ0n) is 11.8. The Hall–Kier alpha value is -1.76. The van der Waals surface area contributed by atoms with Crippen LogP contribution in [0.5, 0.6) is 0 Å². The van der Waals surface area contributed by atoms with Gasteiger partial charge in [0.25, 0.3) is 0 Å². The van der Waals surface area contributed by atoms with Gasteiger partial charge in [0.2, 0.25) is 0 Å².